The van der Waals surface area contributed by atoms with Crippen LogP contribution in [0.2, 0.25) is 0 Å². The van der Waals surface area contributed by atoms with E-state index in [0.29, 0.717) is 17.2 Å². The van der Waals surface area contributed by atoms with Crippen LogP contribution in [-0.4, -0.2) is 25.7 Å². The molecule has 0 unspecified atom stereocenters. The lowest BCUT2D eigenvalue weighted by Gasteiger charge is -2.03. The predicted molar refractivity (Wildman–Crippen MR) is 98.4 cm³/mol. The van der Waals surface area contributed by atoms with Gasteiger partial charge in [0, 0.05) is 5.69 Å². The number of aromatic nitrogens is 4. The minimum absolute atomic E-state index is 0.0485. The summed E-state index contributed by atoms with van der Waals surface area (Å²) in [6.07, 6.45) is 0. The van der Waals surface area contributed by atoms with Gasteiger partial charge in [0.2, 0.25) is 5.82 Å². The summed E-state index contributed by atoms with van der Waals surface area (Å²) in [5.74, 6) is -0.157. The fraction of sp³-hybridized carbons (Fsp3) is 0.111. The van der Waals surface area contributed by atoms with Crippen LogP contribution < -0.4 is 5.32 Å². The second-order valence-electron chi connectivity index (χ2n) is 5.74. The van der Waals surface area contributed by atoms with Crippen LogP contribution >= 0.6 is 11.3 Å². The van der Waals surface area contributed by atoms with E-state index in [0.717, 1.165) is 15.2 Å². The van der Waals surface area contributed by atoms with Crippen molar-refractivity contribution in [3.05, 3.63) is 64.9 Å². The van der Waals surface area contributed by atoms with E-state index < -0.39 is 5.91 Å². The summed E-state index contributed by atoms with van der Waals surface area (Å²) in [7, 11) is 0. The molecule has 0 aliphatic carbocycles. The molecule has 8 heteroatoms. The Morgan fingerprint density at radius 1 is 1.12 bits per heavy atom. The number of fused-ring (bicyclic) bond motifs is 1. The van der Waals surface area contributed by atoms with Crippen LogP contribution in [0.1, 0.15) is 21.5 Å². The molecule has 2 heterocycles. The average Bonchev–Trinajstić information content (AvgIpc) is 3.17. The molecular weight excluding hydrogens is 353 g/mol. The van der Waals surface area contributed by atoms with Gasteiger partial charge in [0.15, 0.2) is 0 Å². The Morgan fingerprint density at radius 3 is 2.65 bits per heavy atom. The molecule has 1 amide bonds. The first-order chi connectivity index (χ1) is 12.5. The van der Waals surface area contributed by atoms with E-state index in [1.165, 1.54) is 16.8 Å². The highest BCUT2D eigenvalue weighted by atomic mass is 32.1. The molecule has 0 bridgehead atoms. The zero-order valence-electron chi connectivity index (χ0n) is 14.0. The van der Waals surface area contributed by atoms with Crippen LogP contribution in [0.3, 0.4) is 0 Å². The molecule has 0 saturated carbocycles. The third kappa shape index (κ3) is 3.06. The number of hydrogen-bond acceptors (Lipinski definition) is 5. The first-order valence-corrected chi connectivity index (χ1v) is 8.69. The van der Waals surface area contributed by atoms with Crippen LogP contribution in [0.25, 0.3) is 15.9 Å². The topological polar surface area (TPSA) is 72.7 Å². The van der Waals surface area contributed by atoms with E-state index in [1.54, 1.807) is 36.5 Å². The number of anilines is 1. The number of carbonyl (C=O) groups is 1. The number of amides is 1. The molecule has 0 spiro atoms. The molecule has 0 fully saturated rings. The van der Waals surface area contributed by atoms with Gasteiger partial charge in [-0.15, -0.1) is 16.4 Å². The summed E-state index contributed by atoms with van der Waals surface area (Å²) in [4.78, 5) is 21.1. The summed E-state index contributed by atoms with van der Waals surface area (Å²) in [5, 5.41) is 8.01. The van der Waals surface area contributed by atoms with Gasteiger partial charge in [-0.2, -0.15) is 0 Å². The van der Waals surface area contributed by atoms with Crippen molar-refractivity contribution in [3.63, 3.8) is 0 Å². The van der Waals surface area contributed by atoms with Crippen molar-refractivity contribution in [3.8, 4) is 5.69 Å². The van der Waals surface area contributed by atoms with E-state index in [4.69, 9.17) is 0 Å². The molecule has 6 nitrogen and oxygen atoms in total. The predicted octanol–water partition coefficient (Wildman–Crippen LogP) is 3.89. The molecule has 4 rings (SSSR count). The van der Waals surface area contributed by atoms with Gasteiger partial charge in [-0.3, -0.25) is 4.79 Å². The largest absolute Gasteiger partial charge is 0.319 e. The van der Waals surface area contributed by atoms with Crippen molar-refractivity contribution in [1.29, 1.82) is 0 Å². The smallest absolute Gasteiger partial charge is 0.295 e. The third-order valence-corrected chi connectivity index (χ3v) is 4.73. The molecule has 4 aromatic rings. The molecule has 0 atom stereocenters. The standard InChI is InChI=1S/C18H14FN5OS/c1-10-20-17(23-24(10)14-6-3-12(19)4-7-14)18(25)22-13-5-8-15-16(9-13)26-11(2)21-15/h3-9H,1-2H3,(H,22,25). The van der Waals surface area contributed by atoms with E-state index in [9.17, 15) is 9.18 Å². The Labute approximate surface area is 152 Å². The second-order valence-corrected chi connectivity index (χ2v) is 6.98. The van der Waals surface area contributed by atoms with Gasteiger partial charge >= 0.3 is 0 Å². The van der Waals surface area contributed by atoms with Gasteiger partial charge < -0.3 is 5.32 Å². The lowest BCUT2D eigenvalue weighted by atomic mass is 10.3. The van der Waals surface area contributed by atoms with Crippen molar-refractivity contribution in [2.75, 3.05) is 5.32 Å². The maximum absolute atomic E-state index is 13.1. The number of carbonyl (C=O) groups excluding carboxylic acids is 1. The van der Waals surface area contributed by atoms with Gasteiger partial charge in [0.05, 0.1) is 20.9 Å². The SMILES string of the molecule is Cc1nc2ccc(NC(=O)c3nc(C)n(-c4ccc(F)cc4)n3)cc2s1. The maximum atomic E-state index is 13.1. The molecule has 0 aliphatic heterocycles. The fourth-order valence-corrected chi connectivity index (χ4v) is 3.48. The molecule has 130 valence electrons. The minimum atomic E-state index is -0.408. The van der Waals surface area contributed by atoms with Gasteiger partial charge in [-0.1, -0.05) is 0 Å². The van der Waals surface area contributed by atoms with Crippen LogP contribution in [0, 0.1) is 19.7 Å². The number of benzene rings is 2. The van der Waals surface area contributed by atoms with Crippen LogP contribution in [0.4, 0.5) is 10.1 Å². The summed E-state index contributed by atoms with van der Waals surface area (Å²) >= 11 is 1.57. The van der Waals surface area contributed by atoms with Gasteiger partial charge in [-0.05, 0) is 56.3 Å². The normalized spacial score (nSPS) is 11.0. The minimum Gasteiger partial charge on any atom is -0.319 e. The zero-order chi connectivity index (χ0) is 18.3. The van der Waals surface area contributed by atoms with E-state index in [1.807, 2.05) is 19.1 Å². The summed E-state index contributed by atoms with van der Waals surface area (Å²) in [6, 6.07) is 11.4. The molecular formula is C18H14FN5OS. The summed E-state index contributed by atoms with van der Waals surface area (Å²) in [6.45, 7) is 3.68. The zero-order valence-corrected chi connectivity index (χ0v) is 14.8. The van der Waals surface area contributed by atoms with E-state index >= 15 is 0 Å². The van der Waals surface area contributed by atoms with E-state index in [-0.39, 0.29) is 11.6 Å². The molecule has 0 radical (unpaired) electrons. The van der Waals surface area contributed by atoms with Crippen molar-refractivity contribution < 1.29 is 9.18 Å². The number of thiazole rings is 1. The highest BCUT2D eigenvalue weighted by molar-refractivity contribution is 7.18. The van der Waals surface area contributed by atoms with Gasteiger partial charge in [-0.25, -0.2) is 19.0 Å². The number of halogens is 1. The van der Waals surface area contributed by atoms with Gasteiger partial charge in [0.25, 0.3) is 5.91 Å². The molecule has 2 aromatic heterocycles. The first kappa shape index (κ1) is 16.3. The monoisotopic (exact) mass is 367 g/mol. The molecule has 2 aromatic carbocycles. The summed E-state index contributed by atoms with van der Waals surface area (Å²) < 4.78 is 15.6. The van der Waals surface area contributed by atoms with Crippen LogP contribution in [0.15, 0.2) is 42.5 Å². The highest BCUT2D eigenvalue weighted by Gasteiger charge is 2.16. The van der Waals surface area contributed by atoms with Crippen molar-refractivity contribution >= 4 is 33.1 Å². The van der Waals surface area contributed by atoms with E-state index in [2.05, 4.69) is 20.4 Å². The number of nitrogens with one attached hydrogen (secondary N) is 1. The third-order valence-electron chi connectivity index (χ3n) is 3.80. The number of rotatable bonds is 3. The summed E-state index contributed by atoms with van der Waals surface area (Å²) in [5.41, 5.74) is 2.19. The second kappa shape index (κ2) is 6.30. The molecule has 26 heavy (non-hydrogen) atoms. The maximum Gasteiger partial charge on any atom is 0.295 e. The Morgan fingerprint density at radius 2 is 1.88 bits per heavy atom. The lowest BCUT2D eigenvalue weighted by molar-refractivity contribution is 0.101. The quantitative estimate of drug-likeness (QED) is 0.596. The number of aryl methyl sites for hydroxylation is 2. The Balaban J connectivity index is 1.59. The first-order valence-electron chi connectivity index (χ1n) is 7.88. The fourth-order valence-electron chi connectivity index (χ4n) is 2.62. The van der Waals surface area contributed by atoms with Crippen molar-refractivity contribution in [2.45, 2.75) is 13.8 Å². The Bertz CT molecular complexity index is 1120. The van der Waals surface area contributed by atoms with Crippen LogP contribution in [-0.2, 0) is 0 Å². The van der Waals surface area contributed by atoms with Gasteiger partial charge in [0.1, 0.15) is 11.6 Å². The number of hydrogen-bond donors (Lipinski definition) is 1. The van der Waals surface area contributed by atoms with Crippen molar-refractivity contribution in [1.82, 2.24) is 19.7 Å². The number of nitrogens with zero attached hydrogens (tertiary/aromatic N) is 4. The lowest BCUT2D eigenvalue weighted by Crippen LogP contribution is -2.14. The van der Waals surface area contributed by atoms with Crippen LogP contribution in [0.5, 0.6) is 0 Å². The van der Waals surface area contributed by atoms with Crippen molar-refractivity contribution in [2.24, 2.45) is 0 Å². The highest BCUT2D eigenvalue weighted by Crippen LogP contribution is 2.25. The molecule has 0 aliphatic rings. The molecule has 0 saturated heterocycles. The Kier molecular flexibility index (Phi) is 3.96. The Hall–Kier alpha value is -3.13. The molecule has 1 N–H and O–H groups in total. The average molecular weight is 367 g/mol.